The van der Waals surface area contributed by atoms with Crippen molar-refractivity contribution in [1.82, 2.24) is 0 Å². The zero-order valence-electron chi connectivity index (χ0n) is 20.9. The maximum Gasteiger partial charge on any atom is 0.305 e. The van der Waals surface area contributed by atoms with Crippen LogP contribution in [0.1, 0.15) is 92.4 Å². The highest BCUT2D eigenvalue weighted by atomic mass is 32.2. The smallest absolute Gasteiger partial charge is 0.305 e. The number of rotatable bonds is 16. The Morgan fingerprint density at radius 2 is 1.41 bits per heavy atom. The number of ketones is 2. The van der Waals surface area contributed by atoms with Crippen LogP contribution in [-0.2, 0) is 9.53 Å². The van der Waals surface area contributed by atoms with E-state index in [0.29, 0.717) is 40.9 Å². The molecule has 1 aliphatic rings. The third kappa shape index (κ3) is 8.49. The van der Waals surface area contributed by atoms with Gasteiger partial charge in [0.05, 0.1) is 36.9 Å². The molecule has 188 valence electrons. The molecule has 0 fully saturated rings. The van der Waals surface area contributed by atoms with Gasteiger partial charge < -0.3 is 14.2 Å². The Hall–Kier alpha value is -2.28. The maximum atomic E-state index is 13.0. The van der Waals surface area contributed by atoms with E-state index in [1.54, 1.807) is 12.1 Å². The number of carbonyl (C=O) groups excluding carboxylic acids is 3. The van der Waals surface area contributed by atoms with Crippen LogP contribution >= 0.6 is 11.8 Å². The van der Waals surface area contributed by atoms with Crippen LogP contribution in [0.15, 0.2) is 23.1 Å². The van der Waals surface area contributed by atoms with Crippen molar-refractivity contribution >= 4 is 29.3 Å². The number of benzene rings is 1. The molecule has 0 bridgehead atoms. The fraction of sp³-hybridized carbons (Fsp3) is 0.593. The molecule has 0 aliphatic heterocycles. The fourth-order valence-corrected chi connectivity index (χ4v) is 4.80. The summed E-state index contributed by atoms with van der Waals surface area (Å²) >= 11 is 1.44. The molecule has 0 N–H and O–H groups in total. The summed E-state index contributed by atoms with van der Waals surface area (Å²) in [4.78, 5) is 37.7. The van der Waals surface area contributed by atoms with E-state index in [9.17, 15) is 14.4 Å². The molecule has 0 aromatic heterocycles. The van der Waals surface area contributed by atoms with Gasteiger partial charge in [0.1, 0.15) is 11.5 Å². The van der Waals surface area contributed by atoms with Gasteiger partial charge in [0.2, 0.25) is 5.78 Å². The molecule has 0 spiro atoms. The van der Waals surface area contributed by atoms with Gasteiger partial charge in [-0.3, -0.25) is 14.4 Å². The molecule has 7 heteroatoms. The number of Topliss-reactive ketones (excluding diaryl/α,β-unsaturated/α-hetero) is 1. The molecule has 1 aromatic rings. The minimum Gasteiger partial charge on any atom is -0.496 e. The van der Waals surface area contributed by atoms with Gasteiger partial charge >= 0.3 is 5.97 Å². The van der Waals surface area contributed by atoms with Crippen molar-refractivity contribution in [3.05, 3.63) is 34.2 Å². The lowest BCUT2D eigenvalue weighted by atomic mass is 9.93. The van der Waals surface area contributed by atoms with E-state index in [2.05, 4.69) is 0 Å². The highest BCUT2D eigenvalue weighted by molar-refractivity contribution is 8.04. The molecular weight excluding hydrogens is 452 g/mol. The summed E-state index contributed by atoms with van der Waals surface area (Å²) in [7, 11) is 2.98. The largest absolute Gasteiger partial charge is 0.496 e. The molecule has 1 aliphatic carbocycles. The first-order chi connectivity index (χ1) is 16.4. The molecule has 0 amide bonds. The van der Waals surface area contributed by atoms with Gasteiger partial charge in [-0.2, -0.15) is 0 Å². The lowest BCUT2D eigenvalue weighted by Gasteiger charge is -2.19. The van der Waals surface area contributed by atoms with Crippen molar-refractivity contribution in [3.8, 4) is 11.5 Å². The third-order valence-electron chi connectivity index (χ3n) is 5.64. The number of esters is 1. The summed E-state index contributed by atoms with van der Waals surface area (Å²) in [6.45, 7) is 4.58. The molecule has 0 unspecified atom stereocenters. The topological polar surface area (TPSA) is 78.9 Å². The van der Waals surface area contributed by atoms with Gasteiger partial charge in [-0.15, -0.1) is 11.8 Å². The van der Waals surface area contributed by atoms with Crippen LogP contribution in [0.5, 0.6) is 11.5 Å². The van der Waals surface area contributed by atoms with E-state index in [1.165, 1.54) is 44.9 Å². The van der Waals surface area contributed by atoms with Crippen LogP contribution in [0.2, 0.25) is 0 Å². The number of fused-ring (bicyclic) bond motifs is 1. The van der Waals surface area contributed by atoms with Gasteiger partial charge in [-0.05, 0) is 36.6 Å². The number of methoxy groups -OCH3 is 2. The number of hydrogen-bond donors (Lipinski definition) is 0. The second kappa shape index (κ2) is 14.9. The summed E-state index contributed by atoms with van der Waals surface area (Å²) in [5.41, 5.74) is 0.577. The molecule has 0 radical (unpaired) electrons. The number of hydrogen-bond acceptors (Lipinski definition) is 7. The zero-order valence-corrected chi connectivity index (χ0v) is 21.8. The van der Waals surface area contributed by atoms with Crippen molar-refractivity contribution in [1.29, 1.82) is 0 Å². The number of carbonyl (C=O) groups is 3. The van der Waals surface area contributed by atoms with Crippen LogP contribution in [-0.4, -0.2) is 44.1 Å². The monoisotopic (exact) mass is 490 g/mol. The summed E-state index contributed by atoms with van der Waals surface area (Å²) < 4.78 is 15.8. The van der Waals surface area contributed by atoms with E-state index in [1.807, 2.05) is 13.8 Å². The van der Waals surface area contributed by atoms with E-state index in [-0.39, 0.29) is 23.1 Å². The van der Waals surface area contributed by atoms with Gasteiger partial charge in [0, 0.05) is 12.5 Å². The van der Waals surface area contributed by atoms with E-state index < -0.39 is 0 Å². The lowest BCUT2D eigenvalue weighted by molar-refractivity contribution is -0.144. The molecule has 34 heavy (non-hydrogen) atoms. The Morgan fingerprint density at radius 1 is 0.853 bits per heavy atom. The van der Waals surface area contributed by atoms with Crippen molar-refractivity contribution in [2.45, 2.75) is 71.6 Å². The average molecular weight is 491 g/mol. The SMILES string of the molecule is COc1ccc(OC)c2c1C(=O)C=C(SCCCCCCCCCCC(=O)OCC(C)C)C2=O. The quantitative estimate of drug-likeness (QED) is 0.196. The summed E-state index contributed by atoms with van der Waals surface area (Å²) in [5.74, 6) is 1.48. The first kappa shape index (κ1) is 28.0. The minimum absolute atomic E-state index is 0.0828. The van der Waals surface area contributed by atoms with Crippen LogP contribution in [0.3, 0.4) is 0 Å². The van der Waals surface area contributed by atoms with Crippen molar-refractivity contribution in [2.75, 3.05) is 26.6 Å². The predicted octanol–water partition coefficient (Wildman–Crippen LogP) is 6.41. The van der Waals surface area contributed by atoms with Gasteiger partial charge in [0.25, 0.3) is 0 Å². The highest BCUT2D eigenvalue weighted by Gasteiger charge is 2.32. The minimum atomic E-state index is -0.221. The molecule has 0 saturated heterocycles. The number of thioether (sulfide) groups is 1. The Kier molecular flexibility index (Phi) is 12.2. The number of allylic oxidation sites excluding steroid dienone is 2. The first-order valence-electron chi connectivity index (χ1n) is 12.2. The van der Waals surface area contributed by atoms with Gasteiger partial charge in [0.15, 0.2) is 5.78 Å². The van der Waals surface area contributed by atoms with Gasteiger partial charge in [-0.1, -0.05) is 52.4 Å². The molecular formula is C27H38O6S. The summed E-state index contributed by atoms with van der Waals surface area (Å²) in [6, 6.07) is 3.31. The molecule has 0 heterocycles. The van der Waals surface area contributed by atoms with E-state index >= 15 is 0 Å². The van der Waals surface area contributed by atoms with E-state index in [4.69, 9.17) is 14.2 Å². The second-order valence-electron chi connectivity index (χ2n) is 8.93. The first-order valence-corrected chi connectivity index (χ1v) is 13.2. The van der Waals surface area contributed by atoms with Crippen molar-refractivity contribution < 1.29 is 28.6 Å². The van der Waals surface area contributed by atoms with Crippen LogP contribution in [0, 0.1) is 5.92 Å². The molecule has 6 nitrogen and oxygen atoms in total. The summed E-state index contributed by atoms with van der Waals surface area (Å²) in [5, 5.41) is 0. The normalized spacial score (nSPS) is 13.0. The van der Waals surface area contributed by atoms with Crippen LogP contribution in [0.25, 0.3) is 0 Å². The maximum absolute atomic E-state index is 13.0. The Labute approximate surface area is 207 Å². The van der Waals surface area contributed by atoms with Crippen LogP contribution < -0.4 is 9.47 Å². The molecule has 1 aromatic carbocycles. The number of ether oxygens (including phenoxy) is 3. The zero-order chi connectivity index (χ0) is 24.9. The molecule has 0 atom stereocenters. The Morgan fingerprint density at radius 3 is 2.00 bits per heavy atom. The fourth-order valence-electron chi connectivity index (χ4n) is 3.81. The third-order valence-corrected chi connectivity index (χ3v) is 6.75. The van der Waals surface area contributed by atoms with Crippen LogP contribution in [0.4, 0.5) is 0 Å². The number of unbranched alkanes of at least 4 members (excludes halogenated alkanes) is 7. The average Bonchev–Trinajstić information content (AvgIpc) is 2.82. The molecule has 0 saturated carbocycles. The Bertz CT molecular complexity index is 874. The van der Waals surface area contributed by atoms with Crippen molar-refractivity contribution in [3.63, 3.8) is 0 Å². The second-order valence-corrected chi connectivity index (χ2v) is 10.1. The predicted molar refractivity (Wildman–Crippen MR) is 136 cm³/mol. The molecule has 2 rings (SSSR count). The van der Waals surface area contributed by atoms with Crippen molar-refractivity contribution in [2.24, 2.45) is 5.92 Å². The Balaban J connectivity index is 1.62. The van der Waals surface area contributed by atoms with E-state index in [0.717, 1.165) is 44.3 Å². The summed E-state index contributed by atoms with van der Waals surface area (Å²) in [6.07, 6.45) is 10.6. The highest BCUT2D eigenvalue weighted by Crippen LogP contribution is 2.38. The standard InChI is InChI=1S/C27H38O6S/c1-19(2)18-33-24(29)13-11-9-7-5-6-8-10-12-16-34-23-17-20(28)25-21(31-3)14-15-22(32-4)26(25)27(23)30/h14-15,17,19H,5-13,16,18H2,1-4H3. The lowest BCUT2D eigenvalue weighted by Crippen LogP contribution is -2.18. The van der Waals surface area contributed by atoms with Gasteiger partial charge in [-0.25, -0.2) is 0 Å².